The van der Waals surface area contributed by atoms with Crippen LogP contribution in [0.2, 0.25) is 0 Å². The predicted octanol–water partition coefficient (Wildman–Crippen LogP) is 3.54. The van der Waals surface area contributed by atoms with Crippen LogP contribution in [0.1, 0.15) is 18.3 Å². The first-order valence-electron chi connectivity index (χ1n) is 6.84. The summed E-state index contributed by atoms with van der Waals surface area (Å²) in [6.45, 7) is 4.22. The number of pyridine rings is 1. The Morgan fingerprint density at radius 3 is 2.71 bits per heavy atom. The molecule has 1 aromatic carbocycles. The lowest BCUT2D eigenvalue weighted by Crippen LogP contribution is -2.13. The van der Waals surface area contributed by atoms with Crippen molar-refractivity contribution in [1.29, 1.82) is 0 Å². The van der Waals surface area contributed by atoms with Crippen molar-refractivity contribution in [2.24, 2.45) is 0 Å². The van der Waals surface area contributed by atoms with Crippen LogP contribution in [0.25, 0.3) is 0 Å². The van der Waals surface area contributed by atoms with Crippen LogP contribution in [0.3, 0.4) is 0 Å². The van der Waals surface area contributed by atoms with Crippen LogP contribution < -0.4 is 14.8 Å². The Morgan fingerprint density at radius 2 is 2.00 bits per heavy atom. The summed E-state index contributed by atoms with van der Waals surface area (Å²) in [6.07, 6.45) is 0. The highest BCUT2D eigenvalue weighted by Gasteiger charge is 2.04. The van der Waals surface area contributed by atoms with Crippen molar-refractivity contribution in [3.63, 3.8) is 0 Å². The fraction of sp³-hybridized carbons (Fsp3) is 0.312. The summed E-state index contributed by atoms with van der Waals surface area (Å²) in [5.74, 6) is 1.56. The van der Waals surface area contributed by atoms with Crippen LogP contribution in [-0.4, -0.2) is 18.6 Å². The SMILES string of the molecule is CCNCc1cccc(COc2ccc(OC)cc2Br)n1. The molecule has 0 unspecified atom stereocenters. The standard InChI is InChI=1S/C16H19BrN2O2/c1-3-18-10-12-5-4-6-13(19-12)11-21-16-8-7-14(20-2)9-15(16)17/h4-9,18H,3,10-11H2,1-2H3. The molecule has 4 nitrogen and oxygen atoms in total. The van der Waals surface area contributed by atoms with Crippen LogP contribution in [0.15, 0.2) is 40.9 Å². The molecule has 0 bridgehead atoms. The Kier molecular flexibility index (Phi) is 6.02. The van der Waals surface area contributed by atoms with E-state index in [1.807, 2.05) is 36.4 Å². The van der Waals surface area contributed by atoms with Crippen molar-refractivity contribution in [3.8, 4) is 11.5 Å². The van der Waals surface area contributed by atoms with Gasteiger partial charge in [0.2, 0.25) is 0 Å². The van der Waals surface area contributed by atoms with Gasteiger partial charge in [0.1, 0.15) is 18.1 Å². The third kappa shape index (κ3) is 4.72. The number of methoxy groups -OCH3 is 1. The zero-order chi connectivity index (χ0) is 15.1. The number of benzene rings is 1. The Bertz CT molecular complexity index is 590. The highest BCUT2D eigenvalue weighted by Crippen LogP contribution is 2.29. The lowest BCUT2D eigenvalue weighted by Gasteiger charge is -2.10. The van der Waals surface area contributed by atoms with Crippen LogP contribution in [0.4, 0.5) is 0 Å². The molecule has 0 amide bonds. The summed E-state index contributed by atoms with van der Waals surface area (Å²) in [5, 5.41) is 3.26. The van der Waals surface area contributed by atoms with Gasteiger partial charge in [-0.2, -0.15) is 0 Å². The minimum atomic E-state index is 0.435. The largest absolute Gasteiger partial charge is 0.497 e. The van der Waals surface area contributed by atoms with Gasteiger partial charge in [-0.25, -0.2) is 0 Å². The third-order valence-corrected chi connectivity index (χ3v) is 3.55. The lowest BCUT2D eigenvalue weighted by molar-refractivity contribution is 0.298. The maximum Gasteiger partial charge on any atom is 0.134 e. The van der Waals surface area contributed by atoms with Gasteiger partial charge in [-0.3, -0.25) is 4.98 Å². The summed E-state index contributed by atoms with van der Waals surface area (Å²) < 4.78 is 11.8. The van der Waals surface area contributed by atoms with Crippen LogP contribution in [0.5, 0.6) is 11.5 Å². The van der Waals surface area contributed by atoms with Gasteiger partial charge in [-0.1, -0.05) is 13.0 Å². The van der Waals surface area contributed by atoms with E-state index < -0.39 is 0 Å². The van der Waals surface area contributed by atoms with E-state index in [9.17, 15) is 0 Å². The van der Waals surface area contributed by atoms with E-state index in [1.165, 1.54) is 0 Å². The quantitative estimate of drug-likeness (QED) is 0.829. The van der Waals surface area contributed by atoms with Gasteiger partial charge in [-0.15, -0.1) is 0 Å². The van der Waals surface area contributed by atoms with E-state index in [0.717, 1.165) is 40.4 Å². The van der Waals surface area contributed by atoms with Crippen molar-refractivity contribution < 1.29 is 9.47 Å². The van der Waals surface area contributed by atoms with Crippen LogP contribution >= 0.6 is 15.9 Å². The van der Waals surface area contributed by atoms with Gasteiger partial charge < -0.3 is 14.8 Å². The molecule has 0 radical (unpaired) electrons. The van der Waals surface area contributed by atoms with E-state index in [0.29, 0.717) is 6.61 Å². The van der Waals surface area contributed by atoms with Crippen molar-refractivity contribution >= 4 is 15.9 Å². The molecule has 1 heterocycles. The monoisotopic (exact) mass is 350 g/mol. The number of nitrogens with zero attached hydrogens (tertiary/aromatic N) is 1. The summed E-state index contributed by atoms with van der Waals surface area (Å²) in [4.78, 5) is 4.56. The van der Waals surface area contributed by atoms with E-state index in [1.54, 1.807) is 7.11 Å². The van der Waals surface area contributed by atoms with Crippen molar-refractivity contribution in [3.05, 3.63) is 52.3 Å². The molecule has 21 heavy (non-hydrogen) atoms. The van der Waals surface area contributed by atoms with Gasteiger partial charge in [0.15, 0.2) is 0 Å². The molecule has 1 aromatic heterocycles. The average Bonchev–Trinajstić information content (AvgIpc) is 2.52. The molecule has 0 saturated carbocycles. The maximum atomic E-state index is 5.80. The first kappa shape index (κ1) is 15.8. The first-order valence-corrected chi connectivity index (χ1v) is 7.64. The highest BCUT2D eigenvalue weighted by molar-refractivity contribution is 9.10. The second-order valence-electron chi connectivity index (χ2n) is 4.49. The number of hydrogen-bond donors (Lipinski definition) is 1. The smallest absolute Gasteiger partial charge is 0.134 e. The molecule has 0 atom stereocenters. The average molecular weight is 351 g/mol. The molecule has 0 spiro atoms. The number of aromatic nitrogens is 1. The number of halogens is 1. The zero-order valence-electron chi connectivity index (χ0n) is 12.2. The third-order valence-electron chi connectivity index (χ3n) is 2.94. The van der Waals surface area contributed by atoms with Gasteiger partial charge in [0, 0.05) is 6.54 Å². The fourth-order valence-corrected chi connectivity index (χ4v) is 2.31. The Labute approximate surface area is 133 Å². The number of ether oxygens (including phenoxy) is 2. The molecular formula is C16H19BrN2O2. The van der Waals surface area contributed by atoms with Crippen molar-refractivity contribution in [1.82, 2.24) is 10.3 Å². The molecule has 2 rings (SSSR count). The highest BCUT2D eigenvalue weighted by atomic mass is 79.9. The van der Waals surface area contributed by atoms with Gasteiger partial charge in [-0.05, 0) is 52.8 Å². The second-order valence-corrected chi connectivity index (χ2v) is 5.34. The minimum absolute atomic E-state index is 0.435. The topological polar surface area (TPSA) is 43.4 Å². The van der Waals surface area contributed by atoms with E-state index >= 15 is 0 Å². The first-order chi connectivity index (χ1) is 10.2. The van der Waals surface area contributed by atoms with E-state index in [4.69, 9.17) is 9.47 Å². The van der Waals surface area contributed by atoms with E-state index in [-0.39, 0.29) is 0 Å². The Morgan fingerprint density at radius 1 is 1.19 bits per heavy atom. The minimum Gasteiger partial charge on any atom is -0.497 e. The molecule has 112 valence electrons. The molecule has 0 fully saturated rings. The Hall–Kier alpha value is -1.59. The molecule has 0 aliphatic heterocycles. The molecule has 0 aliphatic rings. The predicted molar refractivity (Wildman–Crippen MR) is 86.6 cm³/mol. The van der Waals surface area contributed by atoms with Crippen LogP contribution in [-0.2, 0) is 13.2 Å². The normalized spacial score (nSPS) is 10.4. The summed E-state index contributed by atoms with van der Waals surface area (Å²) >= 11 is 3.47. The van der Waals surface area contributed by atoms with Gasteiger partial charge >= 0.3 is 0 Å². The fourth-order valence-electron chi connectivity index (χ4n) is 1.84. The second kappa shape index (κ2) is 8.00. The summed E-state index contributed by atoms with van der Waals surface area (Å²) in [6, 6.07) is 11.6. The lowest BCUT2D eigenvalue weighted by atomic mass is 10.3. The van der Waals surface area contributed by atoms with Crippen LogP contribution in [0, 0.1) is 0 Å². The van der Waals surface area contributed by atoms with Gasteiger partial charge in [0.25, 0.3) is 0 Å². The van der Waals surface area contributed by atoms with E-state index in [2.05, 4.69) is 33.2 Å². The number of nitrogens with one attached hydrogen (secondary N) is 1. The maximum absolute atomic E-state index is 5.80. The van der Waals surface area contributed by atoms with Gasteiger partial charge in [0.05, 0.1) is 23.0 Å². The summed E-state index contributed by atoms with van der Waals surface area (Å²) in [5.41, 5.74) is 1.93. The Balaban J connectivity index is 1.99. The molecule has 0 saturated heterocycles. The number of hydrogen-bond acceptors (Lipinski definition) is 4. The molecule has 2 aromatic rings. The van der Waals surface area contributed by atoms with Crippen molar-refractivity contribution in [2.75, 3.05) is 13.7 Å². The zero-order valence-corrected chi connectivity index (χ0v) is 13.8. The molecule has 0 aliphatic carbocycles. The summed E-state index contributed by atoms with van der Waals surface area (Å²) in [7, 11) is 1.64. The van der Waals surface area contributed by atoms with Crippen molar-refractivity contribution in [2.45, 2.75) is 20.1 Å². The molecule has 1 N–H and O–H groups in total. The number of rotatable bonds is 7. The molecule has 5 heteroatoms. The molecular weight excluding hydrogens is 332 g/mol.